The molecule has 0 bridgehead atoms. The molecule has 1 heterocycles. The molecule has 172 valence electrons. The largest absolute Gasteiger partial charge is 0.481 e. The van der Waals surface area contributed by atoms with Crippen LogP contribution in [0.4, 0.5) is 5.00 Å². The summed E-state index contributed by atoms with van der Waals surface area (Å²) in [7, 11) is 0. The summed E-state index contributed by atoms with van der Waals surface area (Å²) in [6.07, 6.45) is 6.28. The van der Waals surface area contributed by atoms with Crippen molar-refractivity contribution in [1.29, 1.82) is 0 Å². The number of ether oxygens (including phenoxy) is 1. The van der Waals surface area contributed by atoms with Crippen molar-refractivity contribution in [3.63, 3.8) is 0 Å². The van der Waals surface area contributed by atoms with Gasteiger partial charge in [0.15, 0.2) is 0 Å². The topological polar surface area (TPSA) is 92.7 Å². The van der Waals surface area contributed by atoms with Gasteiger partial charge in [0.25, 0.3) is 0 Å². The van der Waals surface area contributed by atoms with Crippen molar-refractivity contribution in [2.24, 2.45) is 0 Å². The molecular weight excluding hydrogens is 426 g/mol. The maximum atomic E-state index is 12.9. The molecule has 2 N–H and O–H groups in total. The molecule has 0 saturated heterocycles. The van der Waals surface area contributed by atoms with E-state index >= 15 is 0 Å². The Labute approximate surface area is 193 Å². The highest BCUT2D eigenvalue weighted by atomic mass is 32.1. The minimum absolute atomic E-state index is 0.0707. The van der Waals surface area contributed by atoms with Gasteiger partial charge in [-0.3, -0.25) is 9.59 Å². The number of thiophene rings is 1. The second-order valence-corrected chi connectivity index (χ2v) is 9.44. The molecule has 1 aromatic carbocycles. The Bertz CT molecular complexity index is 942. The van der Waals surface area contributed by atoms with E-state index in [0.717, 1.165) is 11.1 Å². The second-order valence-electron chi connectivity index (χ2n) is 8.56. The number of aliphatic carboxylic acids is 1. The number of carbonyl (C=O) groups is 3. The van der Waals surface area contributed by atoms with Crippen molar-refractivity contribution in [2.75, 3.05) is 5.32 Å². The number of anilines is 1. The van der Waals surface area contributed by atoms with Crippen LogP contribution in [0.3, 0.4) is 0 Å². The number of hydrogen-bond donors (Lipinski definition) is 2. The highest BCUT2D eigenvalue weighted by Crippen LogP contribution is 2.38. The van der Waals surface area contributed by atoms with Gasteiger partial charge in [0.05, 0.1) is 6.10 Å². The number of rotatable bonds is 9. The van der Waals surface area contributed by atoms with Crippen molar-refractivity contribution >= 4 is 34.2 Å². The third kappa shape index (κ3) is 6.42. The Kier molecular flexibility index (Phi) is 8.45. The van der Waals surface area contributed by atoms with Gasteiger partial charge in [-0.1, -0.05) is 43.5 Å². The molecule has 1 aliphatic rings. The molecule has 6 nitrogen and oxygen atoms in total. The maximum Gasteiger partial charge on any atom is 0.342 e. The number of benzene rings is 1. The van der Waals surface area contributed by atoms with Crippen molar-refractivity contribution < 1.29 is 24.2 Å². The third-order valence-corrected chi connectivity index (χ3v) is 6.58. The van der Waals surface area contributed by atoms with E-state index in [0.29, 0.717) is 16.5 Å². The summed E-state index contributed by atoms with van der Waals surface area (Å²) in [5.41, 5.74) is 3.32. The third-order valence-electron chi connectivity index (χ3n) is 5.68. The van der Waals surface area contributed by atoms with Crippen molar-refractivity contribution in [2.45, 2.75) is 77.2 Å². The fraction of sp³-hybridized carbons (Fsp3) is 0.480. The first-order valence-corrected chi connectivity index (χ1v) is 12.2. The predicted octanol–water partition coefficient (Wildman–Crippen LogP) is 6.22. The molecule has 1 fully saturated rings. The highest BCUT2D eigenvalue weighted by molar-refractivity contribution is 7.15. The Morgan fingerprint density at radius 3 is 2.41 bits per heavy atom. The van der Waals surface area contributed by atoms with E-state index in [1.807, 2.05) is 17.5 Å². The van der Waals surface area contributed by atoms with Gasteiger partial charge in [0, 0.05) is 23.8 Å². The van der Waals surface area contributed by atoms with Gasteiger partial charge in [-0.05, 0) is 50.2 Å². The van der Waals surface area contributed by atoms with Crippen LogP contribution >= 0.6 is 11.3 Å². The summed E-state index contributed by atoms with van der Waals surface area (Å²) in [5, 5.41) is 13.8. The summed E-state index contributed by atoms with van der Waals surface area (Å²) in [6, 6.07) is 8.36. The fourth-order valence-electron chi connectivity index (χ4n) is 4.10. The van der Waals surface area contributed by atoms with Gasteiger partial charge in [-0.25, -0.2) is 4.79 Å². The maximum absolute atomic E-state index is 12.9. The summed E-state index contributed by atoms with van der Waals surface area (Å²) >= 11 is 1.28. The molecule has 3 rings (SSSR count). The van der Waals surface area contributed by atoms with Crippen LogP contribution < -0.4 is 5.32 Å². The first kappa shape index (κ1) is 24.0. The average molecular weight is 458 g/mol. The Morgan fingerprint density at radius 1 is 1.09 bits per heavy atom. The molecule has 32 heavy (non-hydrogen) atoms. The summed E-state index contributed by atoms with van der Waals surface area (Å²) < 4.78 is 5.45. The van der Waals surface area contributed by atoms with Gasteiger partial charge < -0.3 is 15.2 Å². The Hall–Kier alpha value is -2.67. The van der Waals surface area contributed by atoms with E-state index in [1.165, 1.54) is 49.0 Å². The van der Waals surface area contributed by atoms with E-state index in [4.69, 9.17) is 9.84 Å². The van der Waals surface area contributed by atoms with Crippen molar-refractivity contribution in [3.05, 3.63) is 40.8 Å². The molecule has 1 aliphatic carbocycles. The molecule has 1 amide bonds. The van der Waals surface area contributed by atoms with Crippen LogP contribution in [0.5, 0.6) is 0 Å². The number of carboxylic acids is 1. The van der Waals surface area contributed by atoms with Crippen LogP contribution in [0.25, 0.3) is 11.1 Å². The van der Waals surface area contributed by atoms with Gasteiger partial charge in [-0.2, -0.15) is 0 Å². The normalized spacial score (nSPS) is 14.3. The number of amides is 1. The smallest absolute Gasteiger partial charge is 0.342 e. The molecule has 7 heteroatoms. The minimum Gasteiger partial charge on any atom is -0.481 e. The Morgan fingerprint density at radius 2 is 1.78 bits per heavy atom. The van der Waals surface area contributed by atoms with Crippen LogP contribution in [0.15, 0.2) is 29.6 Å². The first-order valence-electron chi connectivity index (χ1n) is 11.3. The lowest BCUT2D eigenvalue weighted by atomic mass is 9.83. The van der Waals surface area contributed by atoms with Crippen LogP contribution in [0, 0.1) is 0 Å². The lowest BCUT2D eigenvalue weighted by molar-refractivity contribution is -0.137. The first-order chi connectivity index (χ1) is 15.3. The van der Waals surface area contributed by atoms with E-state index in [-0.39, 0.29) is 31.3 Å². The standard InChI is InChI=1S/C25H31NO5S/c1-16(2)31-25(30)23-20(15-32-24(23)26-21(27)9-6-10-22(28)29)19-13-11-18(12-14-19)17-7-4-3-5-8-17/h11-17H,3-10H2,1-2H3,(H,26,27)(H,28,29). The van der Waals surface area contributed by atoms with E-state index in [1.54, 1.807) is 13.8 Å². The van der Waals surface area contributed by atoms with Gasteiger partial charge in [-0.15, -0.1) is 11.3 Å². The van der Waals surface area contributed by atoms with Crippen LogP contribution in [0.2, 0.25) is 0 Å². The highest BCUT2D eigenvalue weighted by Gasteiger charge is 2.24. The minimum atomic E-state index is -0.936. The molecule has 1 saturated carbocycles. The monoisotopic (exact) mass is 457 g/mol. The SMILES string of the molecule is CC(C)OC(=O)c1c(-c2ccc(C3CCCCC3)cc2)csc1NC(=O)CCCC(=O)O. The molecule has 1 aromatic heterocycles. The van der Waals surface area contributed by atoms with Gasteiger partial charge in [0.1, 0.15) is 10.6 Å². The molecule has 0 spiro atoms. The lowest BCUT2D eigenvalue weighted by Gasteiger charge is -2.22. The van der Waals surface area contributed by atoms with E-state index < -0.39 is 11.9 Å². The zero-order valence-electron chi connectivity index (χ0n) is 18.7. The predicted molar refractivity (Wildman–Crippen MR) is 126 cm³/mol. The van der Waals surface area contributed by atoms with Crippen molar-refractivity contribution in [3.8, 4) is 11.1 Å². The van der Waals surface area contributed by atoms with Crippen molar-refractivity contribution in [1.82, 2.24) is 0 Å². The summed E-state index contributed by atoms with van der Waals surface area (Å²) in [6.45, 7) is 3.57. The number of carbonyl (C=O) groups excluding carboxylic acids is 2. The number of esters is 1. The van der Waals surface area contributed by atoms with Crippen LogP contribution in [0.1, 0.15) is 87.1 Å². The molecule has 0 radical (unpaired) electrons. The summed E-state index contributed by atoms with van der Waals surface area (Å²) in [5.74, 6) is -1.13. The number of carboxylic acid groups (broad SMARTS) is 1. The fourth-order valence-corrected chi connectivity index (χ4v) is 5.07. The van der Waals surface area contributed by atoms with Gasteiger partial charge >= 0.3 is 11.9 Å². The zero-order chi connectivity index (χ0) is 23.1. The van der Waals surface area contributed by atoms with E-state index in [2.05, 4.69) is 17.4 Å². The summed E-state index contributed by atoms with van der Waals surface area (Å²) in [4.78, 5) is 35.9. The molecular formula is C25H31NO5S. The van der Waals surface area contributed by atoms with E-state index in [9.17, 15) is 14.4 Å². The number of nitrogens with one attached hydrogen (secondary N) is 1. The molecule has 0 aliphatic heterocycles. The molecule has 0 atom stereocenters. The quantitative estimate of drug-likeness (QED) is 0.436. The second kappa shape index (κ2) is 11.3. The van der Waals surface area contributed by atoms with Crippen LogP contribution in [-0.4, -0.2) is 29.1 Å². The molecule has 2 aromatic rings. The zero-order valence-corrected chi connectivity index (χ0v) is 19.5. The number of hydrogen-bond acceptors (Lipinski definition) is 5. The average Bonchev–Trinajstić information content (AvgIpc) is 3.17. The lowest BCUT2D eigenvalue weighted by Crippen LogP contribution is -2.16. The van der Waals surface area contributed by atoms with Gasteiger partial charge in [0.2, 0.25) is 5.91 Å². The van der Waals surface area contributed by atoms with Crippen LogP contribution in [-0.2, 0) is 14.3 Å². The Balaban J connectivity index is 1.82. The molecule has 0 unspecified atom stereocenters.